The molecule has 8 heteroatoms. The molecule has 1 fully saturated rings. The van der Waals surface area contributed by atoms with E-state index in [1.807, 2.05) is 31.2 Å². The zero-order valence-corrected chi connectivity index (χ0v) is 15.0. The Labute approximate surface area is 147 Å². The van der Waals surface area contributed by atoms with E-state index >= 15 is 0 Å². The molecular weight excluding hydrogens is 340 g/mol. The van der Waals surface area contributed by atoms with Gasteiger partial charge < -0.3 is 10.2 Å². The SMILES string of the molecule is Cc1ccc(Nc2nccc(C(=O)N(C)C3CCS(=O)(=O)C3)n2)cc1. The van der Waals surface area contributed by atoms with E-state index in [2.05, 4.69) is 15.3 Å². The summed E-state index contributed by atoms with van der Waals surface area (Å²) >= 11 is 0. The number of hydrogen-bond acceptors (Lipinski definition) is 6. The van der Waals surface area contributed by atoms with Crippen molar-refractivity contribution in [2.75, 3.05) is 23.9 Å². The Kier molecular flexibility index (Phi) is 4.71. The van der Waals surface area contributed by atoms with Gasteiger partial charge in [-0.05, 0) is 31.5 Å². The first-order chi connectivity index (χ1) is 11.8. The molecule has 1 aromatic heterocycles. The lowest BCUT2D eigenvalue weighted by Crippen LogP contribution is -2.38. The van der Waals surface area contributed by atoms with Gasteiger partial charge in [-0.25, -0.2) is 18.4 Å². The molecule has 1 aliphatic rings. The van der Waals surface area contributed by atoms with E-state index in [1.54, 1.807) is 7.05 Å². The van der Waals surface area contributed by atoms with Crippen LogP contribution < -0.4 is 5.32 Å². The number of anilines is 2. The molecule has 1 saturated heterocycles. The molecule has 0 radical (unpaired) electrons. The van der Waals surface area contributed by atoms with Crippen molar-refractivity contribution in [3.63, 3.8) is 0 Å². The largest absolute Gasteiger partial charge is 0.336 e. The minimum Gasteiger partial charge on any atom is -0.336 e. The summed E-state index contributed by atoms with van der Waals surface area (Å²) in [6, 6.07) is 8.96. The summed E-state index contributed by atoms with van der Waals surface area (Å²) in [6.45, 7) is 2.00. The van der Waals surface area contributed by atoms with E-state index < -0.39 is 9.84 Å². The van der Waals surface area contributed by atoms with Gasteiger partial charge in [-0.15, -0.1) is 0 Å². The number of rotatable bonds is 4. The van der Waals surface area contributed by atoms with E-state index in [0.29, 0.717) is 12.4 Å². The van der Waals surface area contributed by atoms with Gasteiger partial charge in [-0.3, -0.25) is 4.79 Å². The second kappa shape index (κ2) is 6.79. The van der Waals surface area contributed by atoms with Crippen molar-refractivity contribution in [3.05, 3.63) is 47.8 Å². The fourth-order valence-electron chi connectivity index (χ4n) is 2.73. The van der Waals surface area contributed by atoms with Crippen LogP contribution >= 0.6 is 0 Å². The maximum absolute atomic E-state index is 12.6. The molecule has 7 nitrogen and oxygen atoms in total. The Morgan fingerprint density at radius 3 is 2.60 bits per heavy atom. The summed E-state index contributed by atoms with van der Waals surface area (Å²) in [4.78, 5) is 22.5. The van der Waals surface area contributed by atoms with Crippen LogP contribution in [0.25, 0.3) is 0 Å². The molecule has 2 heterocycles. The van der Waals surface area contributed by atoms with Crippen molar-refractivity contribution in [2.24, 2.45) is 0 Å². The van der Waals surface area contributed by atoms with Crippen LogP contribution in [0.3, 0.4) is 0 Å². The van der Waals surface area contributed by atoms with Gasteiger partial charge in [0, 0.05) is 25.0 Å². The van der Waals surface area contributed by atoms with Crippen molar-refractivity contribution >= 4 is 27.4 Å². The second-order valence-corrected chi connectivity index (χ2v) is 8.46. The molecule has 1 aromatic carbocycles. The van der Waals surface area contributed by atoms with Crippen molar-refractivity contribution in [3.8, 4) is 0 Å². The lowest BCUT2D eigenvalue weighted by atomic mass is 10.2. The second-order valence-electron chi connectivity index (χ2n) is 6.23. The number of aryl methyl sites for hydroxylation is 1. The van der Waals surface area contributed by atoms with Gasteiger partial charge in [0.05, 0.1) is 11.5 Å². The van der Waals surface area contributed by atoms with Crippen LogP contribution in [0.2, 0.25) is 0 Å². The third-order valence-electron chi connectivity index (χ3n) is 4.26. The number of amides is 1. The average molecular weight is 360 g/mol. The molecule has 0 saturated carbocycles. The van der Waals surface area contributed by atoms with E-state index in [9.17, 15) is 13.2 Å². The van der Waals surface area contributed by atoms with E-state index in [1.165, 1.54) is 17.2 Å². The molecule has 1 amide bonds. The normalized spacial score (nSPS) is 18.7. The number of aromatic nitrogens is 2. The van der Waals surface area contributed by atoms with Gasteiger partial charge in [0.15, 0.2) is 9.84 Å². The summed E-state index contributed by atoms with van der Waals surface area (Å²) in [5, 5.41) is 3.06. The van der Waals surface area contributed by atoms with Crippen LogP contribution in [-0.4, -0.2) is 53.8 Å². The Morgan fingerprint density at radius 2 is 1.96 bits per heavy atom. The highest BCUT2D eigenvalue weighted by molar-refractivity contribution is 7.91. The maximum Gasteiger partial charge on any atom is 0.272 e. The Balaban J connectivity index is 1.74. The number of nitrogens with one attached hydrogen (secondary N) is 1. The summed E-state index contributed by atoms with van der Waals surface area (Å²) in [7, 11) is -1.43. The number of nitrogens with zero attached hydrogens (tertiary/aromatic N) is 3. The highest BCUT2D eigenvalue weighted by Crippen LogP contribution is 2.19. The summed E-state index contributed by atoms with van der Waals surface area (Å²) in [5.74, 6) is 0.146. The lowest BCUT2D eigenvalue weighted by Gasteiger charge is -2.23. The van der Waals surface area contributed by atoms with Crippen LogP contribution in [0.1, 0.15) is 22.5 Å². The van der Waals surface area contributed by atoms with Gasteiger partial charge in [0.2, 0.25) is 5.95 Å². The predicted octanol–water partition coefficient (Wildman–Crippen LogP) is 1.79. The number of carbonyl (C=O) groups is 1. The monoisotopic (exact) mass is 360 g/mol. The highest BCUT2D eigenvalue weighted by Gasteiger charge is 2.33. The standard InChI is InChI=1S/C17H20N4O3S/c1-12-3-5-13(6-4-12)19-17-18-9-7-15(20-17)16(22)21(2)14-8-10-25(23,24)11-14/h3-7,9,14H,8,10-11H2,1-2H3,(H,18,19,20). The number of sulfone groups is 1. The maximum atomic E-state index is 12.6. The van der Waals surface area contributed by atoms with E-state index in [-0.39, 0.29) is 29.1 Å². The van der Waals surface area contributed by atoms with E-state index in [4.69, 9.17) is 0 Å². The van der Waals surface area contributed by atoms with Crippen LogP contribution in [0, 0.1) is 6.92 Å². The molecule has 1 aliphatic heterocycles. The molecule has 1 unspecified atom stereocenters. The molecule has 0 aliphatic carbocycles. The summed E-state index contributed by atoms with van der Waals surface area (Å²) in [6.07, 6.45) is 1.97. The third-order valence-corrected chi connectivity index (χ3v) is 6.01. The molecule has 132 valence electrons. The quantitative estimate of drug-likeness (QED) is 0.894. The topological polar surface area (TPSA) is 92.3 Å². The molecule has 3 rings (SSSR count). The molecule has 1 atom stereocenters. The van der Waals surface area contributed by atoms with Crippen molar-refractivity contribution in [2.45, 2.75) is 19.4 Å². The van der Waals surface area contributed by atoms with Crippen LogP contribution in [0.4, 0.5) is 11.6 Å². The van der Waals surface area contributed by atoms with Gasteiger partial charge in [-0.2, -0.15) is 0 Å². The molecular formula is C17H20N4O3S. The zero-order chi connectivity index (χ0) is 18.0. The highest BCUT2D eigenvalue weighted by atomic mass is 32.2. The first kappa shape index (κ1) is 17.3. The fraction of sp³-hybridized carbons (Fsp3) is 0.353. The molecule has 0 spiro atoms. The zero-order valence-electron chi connectivity index (χ0n) is 14.1. The van der Waals surface area contributed by atoms with Crippen molar-refractivity contribution in [1.82, 2.24) is 14.9 Å². The van der Waals surface area contributed by atoms with Gasteiger partial charge in [0.1, 0.15) is 5.69 Å². The van der Waals surface area contributed by atoms with Crippen LogP contribution in [0.15, 0.2) is 36.5 Å². The molecule has 25 heavy (non-hydrogen) atoms. The number of benzene rings is 1. The Bertz CT molecular complexity index is 881. The summed E-state index contributed by atoms with van der Waals surface area (Å²) < 4.78 is 23.2. The van der Waals surface area contributed by atoms with E-state index in [0.717, 1.165) is 11.3 Å². The van der Waals surface area contributed by atoms with Crippen molar-refractivity contribution in [1.29, 1.82) is 0 Å². The first-order valence-electron chi connectivity index (χ1n) is 7.98. The minimum atomic E-state index is -3.05. The Morgan fingerprint density at radius 1 is 1.24 bits per heavy atom. The Hall–Kier alpha value is -2.48. The van der Waals surface area contributed by atoms with Gasteiger partial charge in [-0.1, -0.05) is 17.7 Å². The summed E-state index contributed by atoms with van der Waals surface area (Å²) in [5.41, 5.74) is 2.20. The fourth-order valence-corrected chi connectivity index (χ4v) is 4.51. The predicted molar refractivity (Wildman–Crippen MR) is 95.6 cm³/mol. The molecule has 0 bridgehead atoms. The van der Waals surface area contributed by atoms with Crippen LogP contribution in [0.5, 0.6) is 0 Å². The average Bonchev–Trinajstić information content (AvgIpc) is 2.96. The number of carbonyl (C=O) groups excluding carboxylic acids is 1. The van der Waals surface area contributed by atoms with Gasteiger partial charge >= 0.3 is 0 Å². The molecule has 2 aromatic rings. The van der Waals surface area contributed by atoms with Crippen molar-refractivity contribution < 1.29 is 13.2 Å². The first-order valence-corrected chi connectivity index (χ1v) is 9.80. The van der Waals surface area contributed by atoms with Gasteiger partial charge in [0.25, 0.3) is 5.91 Å². The third kappa shape index (κ3) is 4.14. The number of hydrogen-bond donors (Lipinski definition) is 1. The lowest BCUT2D eigenvalue weighted by molar-refractivity contribution is 0.0741. The molecule has 1 N–H and O–H groups in total. The smallest absolute Gasteiger partial charge is 0.272 e. The minimum absolute atomic E-state index is 0.00873. The van der Waals surface area contributed by atoms with Crippen LogP contribution in [-0.2, 0) is 9.84 Å².